The molecular weight excluding hydrogens is 344 g/mol. The molecule has 1 fully saturated rings. The molecule has 1 aliphatic rings. The number of carbonyl (C=O) groups is 1. The van der Waals surface area contributed by atoms with E-state index in [1.165, 1.54) is 30.4 Å². The first-order valence-electron chi connectivity index (χ1n) is 11.4. The molecule has 0 N–H and O–H groups in total. The van der Waals surface area contributed by atoms with Gasteiger partial charge in [-0.25, -0.2) is 0 Å². The molecule has 0 aliphatic carbocycles. The van der Waals surface area contributed by atoms with Gasteiger partial charge in [0.15, 0.2) is 0 Å². The summed E-state index contributed by atoms with van der Waals surface area (Å²) in [5, 5.41) is 0. The van der Waals surface area contributed by atoms with Crippen molar-refractivity contribution in [1.82, 2.24) is 9.80 Å². The van der Waals surface area contributed by atoms with Gasteiger partial charge >= 0.3 is 0 Å². The Morgan fingerprint density at radius 2 is 1.79 bits per heavy atom. The quantitative estimate of drug-likeness (QED) is 0.501. The van der Waals surface area contributed by atoms with Crippen molar-refractivity contribution in [2.45, 2.75) is 91.0 Å². The predicted molar refractivity (Wildman–Crippen MR) is 120 cm³/mol. The van der Waals surface area contributed by atoms with Crippen molar-refractivity contribution < 1.29 is 4.79 Å². The summed E-state index contributed by atoms with van der Waals surface area (Å²) in [4.78, 5) is 16.6. The number of hydrogen-bond acceptors (Lipinski definition) is 2. The van der Waals surface area contributed by atoms with Crippen LogP contribution in [-0.2, 0) is 16.6 Å². The van der Waals surface area contributed by atoms with Crippen LogP contribution in [0, 0.1) is 0 Å². The number of nitrogens with zero attached hydrogens (tertiary/aromatic N) is 2. The van der Waals surface area contributed by atoms with E-state index in [2.05, 4.69) is 68.7 Å². The second kappa shape index (κ2) is 11.0. The lowest BCUT2D eigenvalue weighted by Gasteiger charge is -2.30. The Balaban J connectivity index is 1.80. The SMILES string of the molecule is CCCN(CCCCN1CCCCC1=O)C(C)Cc1ccc(C(C)(C)C)cc1. The van der Waals surface area contributed by atoms with Crippen LogP contribution in [0.2, 0.25) is 0 Å². The third kappa shape index (κ3) is 7.24. The smallest absolute Gasteiger partial charge is 0.222 e. The van der Waals surface area contributed by atoms with Gasteiger partial charge in [0.1, 0.15) is 0 Å². The van der Waals surface area contributed by atoms with Crippen LogP contribution in [0.3, 0.4) is 0 Å². The Labute approximate surface area is 173 Å². The summed E-state index contributed by atoms with van der Waals surface area (Å²) >= 11 is 0. The van der Waals surface area contributed by atoms with Gasteiger partial charge < -0.3 is 9.80 Å². The highest BCUT2D eigenvalue weighted by atomic mass is 16.2. The van der Waals surface area contributed by atoms with E-state index in [-0.39, 0.29) is 5.41 Å². The zero-order valence-electron chi connectivity index (χ0n) is 19.0. The third-order valence-corrected chi connectivity index (χ3v) is 6.03. The van der Waals surface area contributed by atoms with Gasteiger partial charge in [0.2, 0.25) is 5.91 Å². The largest absolute Gasteiger partial charge is 0.343 e. The third-order valence-electron chi connectivity index (χ3n) is 6.03. The van der Waals surface area contributed by atoms with E-state index in [0.29, 0.717) is 11.9 Å². The molecule has 2 rings (SSSR count). The molecule has 1 unspecified atom stereocenters. The van der Waals surface area contributed by atoms with Gasteiger partial charge in [-0.2, -0.15) is 0 Å². The molecule has 3 nitrogen and oxygen atoms in total. The summed E-state index contributed by atoms with van der Waals surface area (Å²) in [6.07, 6.45) is 7.61. The molecule has 3 heteroatoms. The maximum absolute atomic E-state index is 11.9. The Morgan fingerprint density at radius 3 is 2.39 bits per heavy atom. The first-order chi connectivity index (χ1) is 13.3. The normalized spacial score (nSPS) is 16.6. The number of amides is 1. The summed E-state index contributed by atoms with van der Waals surface area (Å²) in [5.74, 6) is 0.365. The van der Waals surface area contributed by atoms with Crippen molar-refractivity contribution in [3.05, 3.63) is 35.4 Å². The van der Waals surface area contributed by atoms with Crippen LogP contribution in [0.5, 0.6) is 0 Å². The molecule has 0 aromatic heterocycles. The highest BCUT2D eigenvalue weighted by Crippen LogP contribution is 2.23. The number of unbranched alkanes of at least 4 members (excludes halogenated alkanes) is 1. The van der Waals surface area contributed by atoms with Crippen molar-refractivity contribution >= 4 is 5.91 Å². The van der Waals surface area contributed by atoms with E-state index in [1.807, 2.05) is 0 Å². The van der Waals surface area contributed by atoms with Gasteiger partial charge in [0.05, 0.1) is 0 Å². The van der Waals surface area contributed by atoms with Gasteiger partial charge in [-0.3, -0.25) is 4.79 Å². The van der Waals surface area contributed by atoms with Crippen LogP contribution in [-0.4, -0.2) is 47.9 Å². The average molecular weight is 387 g/mol. The van der Waals surface area contributed by atoms with Crippen molar-refractivity contribution in [2.75, 3.05) is 26.2 Å². The van der Waals surface area contributed by atoms with Crippen molar-refractivity contribution in [2.24, 2.45) is 0 Å². The van der Waals surface area contributed by atoms with Crippen LogP contribution in [0.4, 0.5) is 0 Å². The summed E-state index contributed by atoms with van der Waals surface area (Å²) in [7, 11) is 0. The van der Waals surface area contributed by atoms with E-state index >= 15 is 0 Å². The molecule has 1 aromatic carbocycles. The van der Waals surface area contributed by atoms with E-state index in [1.54, 1.807) is 0 Å². The first kappa shape index (κ1) is 22.9. The number of hydrogen-bond donors (Lipinski definition) is 0. The Hall–Kier alpha value is -1.35. The summed E-state index contributed by atoms with van der Waals surface area (Å²) in [6.45, 7) is 15.6. The second-order valence-electron chi connectivity index (χ2n) is 9.58. The van der Waals surface area contributed by atoms with E-state index in [4.69, 9.17) is 0 Å². The molecule has 1 aromatic rings. The van der Waals surface area contributed by atoms with Gasteiger partial charge in [0, 0.05) is 25.6 Å². The summed E-state index contributed by atoms with van der Waals surface area (Å²) in [5.41, 5.74) is 3.05. The summed E-state index contributed by atoms with van der Waals surface area (Å²) < 4.78 is 0. The predicted octanol–water partition coefficient (Wildman–Crippen LogP) is 5.42. The van der Waals surface area contributed by atoms with Gasteiger partial charge in [-0.1, -0.05) is 52.0 Å². The Bertz CT molecular complexity index is 588. The molecule has 0 radical (unpaired) electrons. The van der Waals surface area contributed by atoms with Crippen molar-refractivity contribution in [3.63, 3.8) is 0 Å². The maximum Gasteiger partial charge on any atom is 0.222 e. The fourth-order valence-electron chi connectivity index (χ4n) is 4.17. The van der Waals surface area contributed by atoms with Crippen molar-refractivity contribution in [3.8, 4) is 0 Å². The fraction of sp³-hybridized carbons (Fsp3) is 0.720. The zero-order chi connectivity index (χ0) is 20.6. The Kier molecular flexibility index (Phi) is 9.01. The number of piperidine rings is 1. The molecule has 1 amide bonds. The number of likely N-dealkylation sites (tertiary alicyclic amines) is 1. The molecule has 1 saturated heterocycles. The standard InChI is InChI=1S/C25H42N2O/c1-6-16-26(17-9-10-19-27-18-8-7-11-24(27)28)21(2)20-22-12-14-23(15-13-22)25(3,4)5/h12-15,21H,6-11,16-20H2,1-5H3. The molecule has 158 valence electrons. The minimum absolute atomic E-state index is 0.216. The molecule has 1 atom stereocenters. The molecule has 0 bridgehead atoms. The molecule has 28 heavy (non-hydrogen) atoms. The monoisotopic (exact) mass is 386 g/mol. The number of rotatable bonds is 10. The van der Waals surface area contributed by atoms with Crippen molar-refractivity contribution in [1.29, 1.82) is 0 Å². The minimum Gasteiger partial charge on any atom is -0.343 e. The highest BCUT2D eigenvalue weighted by molar-refractivity contribution is 5.76. The lowest BCUT2D eigenvalue weighted by Crippen LogP contribution is -2.38. The molecule has 1 aliphatic heterocycles. The van der Waals surface area contributed by atoms with Gasteiger partial charge in [-0.05, 0) is 75.1 Å². The van der Waals surface area contributed by atoms with Crippen LogP contribution in [0.25, 0.3) is 0 Å². The highest BCUT2D eigenvalue weighted by Gasteiger charge is 2.18. The first-order valence-corrected chi connectivity index (χ1v) is 11.4. The fourth-order valence-corrected chi connectivity index (χ4v) is 4.17. The van der Waals surface area contributed by atoms with E-state index in [0.717, 1.165) is 51.9 Å². The van der Waals surface area contributed by atoms with Crippen LogP contribution < -0.4 is 0 Å². The van der Waals surface area contributed by atoms with Crippen LogP contribution >= 0.6 is 0 Å². The lowest BCUT2D eigenvalue weighted by molar-refractivity contribution is -0.133. The summed E-state index contributed by atoms with van der Waals surface area (Å²) in [6, 6.07) is 9.76. The van der Waals surface area contributed by atoms with E-state index < -0.39 is 0 Å². The average Bonchev–Trinajstić information content (AvgIpc) is 2.65. The molecule has 0 spiro atoms. The maximum atomic E-state index is 11.9. The molecular formula is C25H42N2O. The second-order valence-corrected chi connectivity index (χ2v) is 9.58. The minimum atomic E-state index is 0.216. The van der Waals surface area contributed by atoms with Crippen LogP contribution in [0.15, 0.2) is 24.3 Å². The number of benzene rings is 1. The van der Waals surface area contributed by atoms with Gasteiger partial charge in [0.25, 0.3) is 0 Å². The topological polar surface area (TPSA) is 23.6 Å². The molecule has 1 heterocycles. The zero-order valence-corrected chi connectivity index (χ0v) is 19.0. The Morgan fingerprint density at radius 1 is 1.07 bits per heavy atom. The number of carbonyl (C=O) groups excluding carboxylic acids is 1. The lowest BCUT2D eigenvalue weighted by atomic mass is 9.86. The molecule has 0 saturated carbocycles. The van der Waals surface area contributed by atoms with Crippen LogP contribution in [0.1, 0.15) is 84.3 Å². The van der Waals surface area contributed by atoms with E-state index in [9.17, 15) is 4.79 Å². The van der Waals surface area contributed by atoms with Gasteiger partial charge in [-0.15, -0.1) is 0 Å².